The maximum Gasteiger partial charge on any atom is 0.0918 e. The van der Waals surface area contributed by atoms with Crippen LogP contribution < -0.4 is 10.2 Å². The molecule has 3 aromatic rings. The van der Waals surface area contributed by atoms with Crippen LogP contribution in [-0.4, -0.2) is 29.1 Å². The van der Waals surface area contributed by atoms with Gasteiger partial charge < -0.3 is 10.2 Å². The molecule has 0 aliphatic carbocycles. The molecule has 134 valence electrons. The van der Waals surface area contributed by atoms with E-state index in [0.717, 1.165) is 34.5 Å². The van der Waals surface area contributed by atoms with E-state index in [-0.39, 0.29) is 6.04 Å². The fourth-order valence-electron chi connectivity index (χ4n) is 3.66. The summed E-state index contributed by atoms with van der Waals surface area (Å²) in [6.07, 6.45) is 0.945. The number of benzene rings is 2. The van der Waals surface area contributed by atoms with Gasteiger partial charge in [0.1, 0.15) is 0 Å². The molecular weight excluding hydrogens is 390 g/mol. The zero-order valence-electron chi connectivity index (χ0n) is 15.2. The summed E-state index contributed by atoms with van der Waals surface area (Å²) in [5.74, 6) is 0. The van der Waals surface area contributed by atoms with E-state index in [1.165, 1.54) is 16.8 Å². The van der Waals surface area contributed by atoms with E-state index in [1.54, 1.807) is 0 Å². The molecule has 0 fully saturated rings. The molecule has 0 bridgehead atoms. The number of nitrogens with one attached hydrogen (secondary N) is 1. The summed E-state index contributed by atoms with van der Waals surface area (Å²) in [6.45, 7) is 2.87. The van der Waals surface area contributed by atoms with E-state index < -0.39 is 0 Å². The van der Waals surface area contributed by atoms with Gasteiger partial charge in [-0.15, -0.1) is 5.10 Å². The summed E-state index contributed by atoms with van der Waals surface area (Å²) in [4.78, 5) is 2.14. The van der Waals surface area contributed by atoms with Crippen molar-refractivity contribution in [2.45, 2.75) is 25.9 Å². The highest BCUT2D eigenvalue weighted by molar-refractivity contribution is 9.10. The Kier molecular flexibility index (Phi) is 4.44. The van der Waals surface area contributed by atoms with Gasteiger partial charge in [-0.2, -0.15) is 0 Å². The Balaban J connectivity index is 1.80. The molecule has 1 N–H and O–H groups in total. The van der Waals surface area contributed by atoms with Crippen molar-refractivity contribution in [2.24, 2.45) is 0 Å². The third-order valence-corrected chi connectivity index (χ3v) is 5.39. The van der Waals surface area contributed by atoms with Crippen LogP contribution in [-0.2, 0) is 6.54 Å². The Hall–Kier alpha value is -2.34. The zero-order chi connectivity index (χ0) is 18.3. The quantitative estimate of drug-likeness (QED) is 0.681. The number of para-hydroxylation sites is 2. The van der Waals surface area contributed by atoms with Crippen LogP contribution in [0.25, 0.3) is 11.3 Å². The lowest BCUT2D eigenvalue weighted by molar-refractivity contribution is 0.539. The highest BCUT2D eigenvalue weighted by Crippen LogP contribution is 2.39. The molecule has 5 nitrogen and oxygen atoms in total. The predicted octanol–water partition coefficient (Wildman–Crippen LogP) is 4.64. The average Bonchev–Trinajstić information content (AvgIpc) is 2.91. The molecule has 1 aliphatic rings. The largest absolute Gasteiger partial charge is 0.376 e. The molecule has 6 heteroatoms. The van der Waals surface area contributed by atoms with Crippen molar-refractivity contribution in [1.82, 2.24) is 15.0 Å². The molecule has 1 unspecified atom stereocenters. The molecule has 0 radical (unpaired) electrons. The predicted molar refractivity (Wildman–Crippen MR) is 110 cm³/mol. The van der Waals surface area contributed by atoms with Crippen molar-refractivity contribution in [1.29, 1.82) is 0 Å². The maximum atomic E-state index is 4.34. The molecule has 26 heavy (non-hydrogen) atoms. The SMILES string of the molecule is Cc1nnn2c1-c1ccc(Br)cc1C(Nc1ccccc1N(C)C)CC2. The van der Waals surface area contributed by atoms with Crippen LogP contribution in [0.5, 0.6) is 0 Å². The summed E-state index contributed by atoms with van der Waals surface area (Å²) < 4.78 is 3.12. The molecular formula is C20H22BrN5. The Labute approximate surface area is 162 Å². The Morgan fingerprint density at radius 1 is 1.19 bits per heavy atom. The molecule has 1 atom stereocenters. The number of aryl methyl sites for hydroxylation is 2. The fourth-order valence-corrected chi connectivity index (χ4v) is 4.04. The first-order valence-electron chi connectivity index (χ1n) is 8.77. The van der Waals surface area contributed by atoms with Crippen molar-refractivity contribution >= 4 is 27.3 Å². The van der Waals surface area contributed by atoms with Gasteiger partial charge in [0.25, 0.3) is 0 Å². The molecule has 0 amide bonds. The maximum absolute atomic E-state index is 4.34. The topological polar surface area (TPSA) is 46.0 Å². The van der Waals surface area contributed by atoms with Gasteiger partial charge in [0, 0.05) is 30.7 Å². The summed E-state index contributed by atoms with van der Waals surface area (Å²) in [5.41, 5.74) is 6.90. The second-order valence-corrected chi connectivity index (χ2v) is 7.79. The van der Waals surface area contributed by atoms with Crippen molar-refractivity contribution in [3.05, 3.63) is 58.2 Å². The molecule has 0 spiro atoms. The van der Waals surface area contributed by atoms with Gasteiger partial charge >= 0.3 is 0 Å². The first-order valence-corrected chi connectivity index (χ1v) is 9.56. The van der Waals surface area contributed by atoms with E-state index in [0.29, 0.717) is 0 Å². The van der Waals surface area contributed by atoms with Gasteiger partial charge in [0.15, 0.2) is 0 Å². The Morgan fingerprint density at radius 2 is 2.00 bits per heavy atom. The summed E-state index contributed by atoms with van der Waals surface area (Å²) in [6, 6.07) is 15.1. The lowest BCUT2D eigenvalue weighted by Gasteiger charge is -2.24. The molecule has 1 aromatic heterocycles. The monoisotopic (exact) mass is 411 g/mol. The molecule has 1 aliphatic heterocycles. The minimum absolute atomic E-state index is 0.199. The lowest BCUT2D eigenvalue weighted by atomic mass is 9.96. The van der Waals surface area contributed by atoms with Crippen LogP contribution in [0.2, 0.25) is 0 Å². The van der Waals surface area contributed by atoms with E-state index in [1.807, 2.05) is 11.6 Å². The van der Waals surface area contributed by atoms with E-state index in [4.69, 9.17) is 0 Å². The van der Waals surface area contributed by atoms with E-state index in [2.05, 4.69) is 93.0 Å². The molecule has 2 heterocycles. The van der Waals surface area contributed by atoms with Crippen LogP contribution >= 0.6 is 15.9 Å². The highest BCUT2D eigenvalue weighted by Gasteiger charge is 2.25. The van der Waals surface area contributed by atoms with Crippen molar-refractivity contribution in [3.8, 4) is 11.3 Å². The number of anilines is 2. The second-order valence-electron chi connectivity index (χ2n) is 6.88. The van der Waals surface area contributed by atoms with Crippen molar-refractivity contribution in [2.75, 3.05) is 24.3 Å². The number of nitrogens with zero attached hydrogens (tertiary/aromatic N) is 4. The normalized spacial score (nSPS) is 15.8. The zero-order valence-corrected chi connectivity index (χ0v) is 16.8. The standard InChI is InChI=1S/C20H22BrN5/c1-13-20-15-9-8-14(21)12-16(15)17(10-11-26(20)24-23-13)22-18-6-4-5-7-19(18)25(2)3/h4-9,12,17,22H,10-11H2,1-3H3. The van der Waals surface area contributed by atoms with Crippen LogP contribution in [0.4, 0.5) is 11.4 Å². The second kappa shape index (κ2) is 6.76. The third-order valence-electron chi connectivity index (χ3n) is 4.89. The van der Waals surface area contributed by atoms with Crippen molar-refractivity contribution < 1.29 is 0 Å². The molecule has 2 aromatic carbocycles. The fraction of sp³-hybridized carbons (Fsp3) is 0.300. The number of aromatic nitrogens is 3. The number of halogens is 1. The van der Waals surface area contributed by atoms with Crippen LogP contribution in [0.15, 0.2) is 46.9 Å². The smallest absolute Gasteiger partial charge is 0.0918 e. The van der Waals surface area contributed by atoms with E-state index >= 15 is 0 Å². The number of rotatable bonds is 3. The summed E-state index contributed by atoms with van der Waals surface area (Å²) >= 11 is 3.64. The summed E-state index contributed by atoms with van der Waals surface area (Å²) in [7, 11) is 4.14. The highest BCUT2D eigenvalue weighted by atomic mass is 79.9. The van der Waals surface area contributed by atoms with Crippen LogP contribution in [0.1, 0.15) is 23.7 Å². The minimum Gasteiger partial charge on any atom is -0.376 e. The Bertz CT molecular complexity index is 947. The summed E-state index contributed by atoms with van der Waals surface area (Å²) in [5, 5.41) is 12.4. The van der Waals surface area contributed by atoms with Crippen LogP contribution in [0, 0.1) is 6.92 Å². The van der Waals surface area contributed by atoms with Gasteiger partial charge in [-0.1, -0.05) is 39.3 Å². The van der Waals surface area contributed by atoms with Gasteiger partial charge in [-0.05, 0) is 43.2 Å². The van der Waals surface area contributed by atoms with Crippen molar-refractivity contribution in [3.63, 3.8) is 0 Å². The number of fused-ring (bicyclic) bond motifs is 3. The minimum atomic E-state index is 0.199. The third kappa shape index (κ3) is 2.98. The van der Waals surface area contributed by atoms with Gasteiger partial charge in [0.05, 0.1) is 28.8 Å². The van der Waals surface area contributed by atoms with Gasteiger partial charge in [-0.3, -0.25) is 0 Å². The Morgan fingerprint density at radius 3 is 2.81 bits per heavy atom. The molecule has 0 saturated heterocycles. The molecule has 4 rings (SSSR count). The first-order chi connectivity index (χ1) is 12.5. The average molecular weight is 412 g/mol. The molecule has 0 saturated carbocycles. The van der Waals surface area contributed by atoms with Gasteiger partial charge in [0.2, 0.25) is 0 Å². The van der Waals surface area contributed by atoms with Gasteiger partial charge in [-0.25, -0.2) is 4.68 Å². The first kappa shape index (κ1) is 17.1. The lowest BCUT2D eigenvalue weighted by Crippen LogP contribution is -2.16. The van der Waals surface area contributed by atoms with E-state index in [9.17, 15) is 0 Å². The number of hydrogen-bond acceptors (Lipinski definition) is 4. The van der Waals surface area contributed by atoms with Crippen LogP contribution in [0.3, 0.4) is 0 Å². The number of hydrogen-bond donors (Lipinski definition) is 1.